The Hall–Kier alpha value is -1.73. The molecule has 4 rings (SSSR count). The fourth-order valence-electron chi connectivity index (χ4n) is 3.68. The molecule has 0 saturated carbocycles. The molecule has 2 aromatic rings. The third-order valence-corrected chi connectivity index (χ3v) is 5.97. The van der Waals surface area contributed by atoms with Gasteiger partial charge in [-0.05, 0) is 51.1 Å². The van der Waals surface area contributed by atoms with E-state index in [-0.39, 0.29) is 5.91 Å². The van der Waals surface area contributed by atoms with Gasteiger partial charge in [0.2, 0.25) is 5.91 Å². The van der Waals surface area contributed by atoms with Crippen molar-refractivity contribution in [2.24, 2.45) is 0 Å². The molecule has 0 aromatic carbocycles. The van der Waals surface area contributed by atoms with E-state index in [2.05, 4.69) is 20.3 Å². The van der Waals surface area contributed by atoms with Crippen molar-refractivity contribution >= 4 is 22.4 Å². The Balaban J connectivity index is 1.34. The average Bonchev–Trinajstić information content (AvgIpc) is 3.29. The van der Waals surface area contributed by atoms with Gasteiger partial charge in [-0.2, -0.15) is 5.10 Å². The molecule has 2 aliphatic rings. The van der Waals surface area contributed by atoms with Crippen LogP contribution in [-0.4, -0.2) is 44.7 Å². The zero-order valence-corrected chi connectivity index (χ0v) is 14.6. The lowest BCUT2D eigenvalue weighted by molar-refractivity contribution is -0.117. The number of likely N-dealkylation sites (tertiary alicyclic amines) is 1. The maximum absolute atomic E-state index is 12.4. The summed E-state index contributed by atoms with van der Waals surface area (Å²) in [5, 5.41) is 8.06. The van der Waals surface area contributed by atoms with Crippen LogP contribution >= 0.6 is 11.3 Å². The van der Waals surface area contributed by atoms with Crippen molar-refractivity contribution in [3.63, 3.8) is 0 Å². The molecular weight excluding hydrogens is 322 g/mol. The van der Waals surface area contributed by atoms with Gasteiger partial charge >= 0.3 is 0 Å². The Labute approximate surface area is 145 Å². The van der Waals surface area contributed by atoms with Crippen molar-refractivity contribution < 1.29 is 4.79 Å². The minimum Gasteiger partial charge on any atom is -0.301 e. The molecule has 1 atom stereocenters. The molecule has 0 unspecified atom stereocenters. The monoisotopic (exact) mass is 345 g/mol. The fourth-order valence-corrected chi connectivity index (χ4v) is 4.75. The molecule has 0 spiro atoms. The zero-order chi connectivity index (χ0) is 16.4. The maximum atomic E-state index is 12.4. The van der Waals surface area contributed by atoms with Gasteiger partial charge in [0, 0.05) is 23.3 Å². The summed E-state index contributed by atoms with van der Waals surface area (Å²) in [4.78, 5) is 20.6. The molecule has 0 radical (unpaired) electrons. The number of aromatic nitrogens is 3. The topological polar surface area (TPSA) is 63.1 Å². The predicted molar refractivity (Wildman–Crippen MR) is 94.2 cm³/mol. The number of nitrogens with zero attached hydrogens (tertiary/aromatic N) is 4. The third-order valence-electron chi connectivity index (χ3n) is 4.89. The summed E-state index contributed by atoms with van der Waals surface area (Å²) in [5.74, 6) is 0.0495. The largest absolute Gasteiger partial charge is 0.301 e. The minimum atomic E-state index is 0.0495. The second kappa shape index (κ2) is 7.03. The standard InChI is InChI=1S/C17H23N5OS/c23-16(20-17-19-14-6-1-2-7-15(14)24-17)12-21-9-3-5-13(21)11-22-10-4-8-18-22/h4,8,10,13H,1-3,5-7,9,11-12H2,(H,19,20,23)/t13-/m0/s1. The Kier molecular flexibility index (Phi) is 4.62. The number of nitrogens with one attached hydrogen (secondary N) is 1. The van der Waals surface area contributed by atoms with Crippen molar-refractivity contribution in [2.75, 3.05) is 18.4 Å². The van der Waals surface area contributed by atoms with Crippen LogP contribution in [0.25, 0.3) is 0 Å². The highest BCUT2D eigenvalue weighted by Gasteiger charge is 2.27. The molecule has 1 aliphatic heterocycles. The van der Waals surface area contributed by atoms with Gasteiger partial charge in [0.15, 0.2) is 5.13 Å². The quantitative estimate of drug-likeness (QED) is 0.903. The second-order valence-electron chi connectivity index (χ2n) is 6.64. The van der Waals surface area contributed by atoms with Gasteiger partial charge in [-0.25, -0.2) is 4.98 Å². The van der Waals surface area contributed by atoms with Crippen LogP contribution < -0.4 is 5.32 Å². The number of amides is 1. The number of hydrogen-bond donors (Lipinski definition) is 1. The van der Waals surface area contributed by atoms with Crippen molar-refractivity contribution in [3.8, 4) is 0 Å². The van der Waals surface area contributed by atoms with E-state index in [1.54, 1.807) is 17.5 Å². The smallest absolute Gasteiger partial charge is 0.240 e. The van der Waals surface area contributed by atoms with Gasteiger partial charge in [-0.1, -0.05) is 0 Å². The first-order valence-electron chi connectivity index (χ1n) is 8.78. The molecule has 2 aromatic heterocycles. The Morgan fingerprint density at radius 3 is 3.08 bits per heavy atom. The van der Waals surface area contributed by atoms with Crippen LogP contribution in [0.15, 0.2) is 18.5 Å². The van der Waals surface area contributed by atoms with E-state index in [4.69, 9.17) is 0 Å². The van der Waals surface area contributed by atoms with E-state index in [0.29, 0.717) is 12.6 Å². The highest BCUT2D eigenvalue weighted by molar-refractivity contribution is 7.15. The summed E-state index contributed by atoms with van der Waals surface area (Å²) < 4.78 is 1.95. The number of aryl methyl sites for hydroxylation is 2. The molecule has 7 heteroatoms. The van der Waals surface area contributed by atoms with Gasteiger partial charge in [0.1, 0.15) is 0 Å². The van der Waals surface area contributed by atoms with Crippen LogP contribution in [0.3, 0.4) is 0 Å². The first-order valence-corrected chi connectivity index (χ1v) is 9.59. The molecule has 1 saturated heterocycles. The number of thiazole rings is 1. The lowest BCUT2D eigenvalue weighted by Gasteiger charge is -2.23. The molecule has 1 aliphatic carbocycles. The van der Waals surface area contributed by atoms with Crippen molar-refractivity contribution in [3.05, 3.63) is 29.0 Å². The minimum absolute atomic E-state index is 0.0495. The normalized spacial score (nSPS) is 20.9. The summed E-state index contributed by atoms with van der Waals surface area (Å²) in [6.07, 6.45) is 10.7. The molecule has 1 amide bonds. The molecule has 3 heterocycles. The molecule has 1 fully saturated rings. The van der Waals surface area contributed by atoms with Gasteiger partial charge in [-0.15, -0.1) is 11.3 Å². The Bertz CT molecular complexity index is 672. The highest BCUT2D eigenvalue weighted by atomic mass is 32.1. The molecule has 6 nitrogen and oxygen atoms in total. The summed E-state index contributed by atoms with van der Waals surface area (Å²) in [6.45, 7) is 2.27. The fraction of sp³-hybridized carbons (Fsp3) is 0.588. The number of rotatable bonds is 5. The van der Waals surface area contributed by atoms with E-state index in [1.807, 2.05) is 16.9 Å². The van der Waals surface area contributed by atoms with Gasteiger partial charge in [-0.3, -0.25) is 14.4 Å². The Morgan fingerprint density at radius 1 is 1.33 bits per heavy atom. The van der Waals surface area contributed by atoms with E-state index >= 15 is 0 Å². The number of fused-ring (bicyclic) bond motifs is 1. The first-order chi connectivity index (χ1) is 11.8. The van der Waals surface area contributed by atoms with Gasteiger partial charge in [0.05, 0.1) is 18.8 Å². The van der Waals surface area contributed by atoms with Crippen LogP contribution in [0.5, 0.6) is 0 Å². The number of carbonyl (C=O) groups excluding carboxylic acids is 1. The van der Waals surface area contributed by atoms with E-state index in [0.717, 1.165) is 43.9 Å². The highest BCUT2D eigenvalue weighted by Crippen LogP contribution is 2.29. The summed E-state index contributed by atoms with van der Waals surface area (Å²) >= 11 is 1.65. The summed E-state index contributed by atoms with van der Waals surface area (Å²) in [7, 11) is 0. The van der Waals surface area contributed by atoms with E-state index in [1.165, 1.54) is 23.4 Å². The Morgan fingerprint density at radius 2 is 2.25 bits per heavy atom. The van der Waals surface area contributed by atoms with Gasteiger partial charge in [0.25, 0.3) is 0 Å². The maximum Gasteiger partial charge on any atom is 0.240 e. The van der Waals surface area contributed by atoms with Crippen LogP contribution in [0.2, 0.25) is 0 Å². The summed E-state index contributed by atoms with van der Waals surface area (Å²) in [6, 6.07) is 2.33. The SMILES string of the molecule is O=C(CN1CCC[C@H]1Cn1cccn1)Nc1nc2c(s1)CCCC2. The summed E-state index contributed by atoms with van der Waals surface area (Å²) in [5.41, 5.74) is 1.19. The zero-order valence-electron chi connectivity index (χ0n) is 13.8. The van der Waals surface area contributed by atoms with Crippen molar-refractivity contribution in [1.29, 1.82) is 0 Å². The van der Waals surface area contributed by atoms with Crippen LogP contribution in [0, 0.1) is 0 Å². The lowest BCUT2D eigenvalue weighted by Crippen LogP contribution is -2.39. The number of hydrogen-bond acceptors (Lipinski definition) is 5. The number of carbonyl (C=O) groups is 1. The average molecular weight is 345 g/mol. The van der Waals surface area contributed by atoms with Crippen LogP contribution in [0.1, 0.15) is 36.3 Å². The molecule has 0 bridgehead atoms. The van der Waals surface area contributed by atoms with E-state index < -0.39 is 0 Å². The lowest BCUT2D eigenvalue weighted by atomic mass is 10.0. The molecular formula is C17H23N5OS. The van der Waals surface area contributed by atoms with Crippen LogP contribution in [0.4, 0.5) is 5.13 Å². The third kappa shape index (κ3) is 3.52. The first kappa shape index (κ1) is 15.8. The molecule has 128 valence electrons. The number of anilines is 1. The van der Waals surface area contributed by atoms with Crippen molar-refractivity contribution in [1.82, 2.24) is 19.7 Å². The molecule has 1 N–H and O–H groups in total. The van der Waals surface area contributed by atoms with Crippen molar-refractivity contribution in [2.45, 2.75) is 51.1 Å². The predicted octanol–water partition coefficient (Wildman–Crippen LogP) is 2.32. The molecule has 24 heavy (non-hydrogen) atoms. The second-order valence-corrected chi connectivity index (χ2v) is 7.72. The van der Waals surface area contributed by atoms with E-state index in [9.17, 15) is 4.79 Å². The van der Waals surface area contributed by atoms with Gasteiger partial charge < -0.3 is 5.32 Å². The van der Waals surface area contributed by atoms with Crippen LogP contribution in [-0.2, 0) is 24.2 Å².